The Labute approximate surface area is 125 Å². The van der Waals surface area contributed by atoms with Crippen molar-refractivity contribution in [2.45, 2.75) is 19.3 Å². The van der Waals surface area contributed by atoms with Gasteiger partial charge in [-0.3, -0.25) is 9.59 Å². The van der Waals surface area contributed by atoms with Crippen LogP contribution in [-0.2, 0) is 25.5 Å². The summed E-state index contributed by atoms with van der Waals surface area (Å²) in [5.74, 6) is -2.19. The number of allylic oxidation sites excluding steroid dienone is 1. The number of hydrogen-bond acceptors (Lipinski definition) is 4. The van der Waals surface area contributed by atoms with Crippen LogP contribution in [0.25, 0.3) is 0 Å². The number of ether oxygens (including phenoxy) is 2. The summed E-state index contributed by atoms with van der Waals surface area (Å²) in [6, 6.07) is 9.94. The normalized spacial score (nSPS) is 11.8. The van der Waals surface area contributed by atoms with Crippen LogP contribution in [0.5, 0.6) is 0 Å². The lowest BCUT2D eigenvalue weighted by Gasteiger charge is -2.22. The molecule has 0 aliphatic heterocycles. The second kappa shape index (κ2) is 8.95. The van der Waals surface area contributed by atoms with Gasteiger partial charge in [0.1, 0.15) is 0 Å². The summed E-state index contributed by atoms with van der Waals surface area (Å²) in [5, 5.41) is 0. The number of hydrogen-bond donors (Lipinski definition) is 0. The number of esters is 2. The van der Waals surface area contributed by atoms with Gasteiger partial charge < -0.3 is 9.47 Å². The largest absolute Gasteiger partial charge is 0.468 e. The first-order valence-electron chi connectivity index (χ1n) is 6.94. The maximum atomic E-state index is 11.9. The highest BCUT2D eigenvalue weighted by molar-refractivity contribution is 5.95. The van der Waals surface area contributed by atoms with Gasteiger partial charge in [-0.1, -0.05) is 36.4 Å². The minimum atomic E-state index is -0.901. The lowest BCUT2D eigenvalue weighted by atomic mass is 9.84. The first-order chi connectivity index (χ1) is 10.1. The van der Waals surface area contributed by atoms with Crippen molar-refractivity contribution >= 4 is 11.9 Å². The zero-order chi connectivity index (χ0) is 15.7. The quantitative estimate of drug-likeness (QED) is 0.420. The maximum absolute atomic E-state index is 11.9. The average Bonchev–Trinajstić information content (AvgIpc) is 2.53. The third kappa shape index (κ3) is 5.06. The standard InChI is InChI=1S/C17H22O4/c1-4-8-14(12-11-13-9-6-5-7-10-13)15(16(18)20-2)17(19)21-3/h4-7,9-10,14-15H,1,8,11-12H2,2-3H3. The Morgan fingerprint density at radius 1 is 1.14 bits per heavy atom. The van der Waals surface area contributed by atoms with E-state index < -0.39 is 17.9 Å². The van der Waals surface area contributed by atoms with Crippen LogP contribution in [0.4, 0.5) is 0 Å². The van der Waals surface area contributed by atoms with Gasteiger partial charge >= 0.3 is 11.9 Å². The maximum Gasteiger partial charge on any atom is 0.320 e. The molecule has 0 aromatic heterocycles. The molecule has 21 heavy (non-hydrogen) atoms. The molecular formula is C17H22O4. The molecule has 1 atom stereocenters. The van der Waals surface area contributed by atoms with Crippen LogP contribution in [0.2, 0.25) is 0 Å². The molecule has 114 valence electrons. The van der Waals surface area contributed by atoms with E-state index in [4.69, 9.17) is 9.47 Å². The Bertz CT molecular complexity index is 451. The minimum Gasteiger partial charge on any atom is -0.468 e. The molecule has 0 radical (unpaired) electrons. The van der Waals surface area contributed by atoms with Crippen LogP contribution in [0.3, 0.4) is 0 Å². The van der Waals surface area contributed by atoms with Crippen LogP contribution in [0.15, 0.2) is 43.0 Å². The fraction of sp³-hybridized carbons (Fsp3) is 0.412. The molecule has 0 saturated heterocycles. The number of methoxy groups -OCH3 is 2. The van der Waals surface area contributed by atoms with Crippen molar-refractivity contribution in [3.63, 3.8) is 0 Å². The second-order valence-electron chi connectivity index (χ2n) is 4.83. The monoisotopic (exact) mass is 290 g/mol. The fourth-order valence-electron chi connectivity index (χ4n) is 2.37. The number of rotatable bonds is 8. The molecule has 1 unspecified atom stereocenters. The van der Waals surface area contributed by atoms with Gasteiger partial charge in [-0.05, 0) is 30.7 Å². The number of carbonyl (C=O) groups is 2. The Kier molecular flexibility index (Phi) is 7.23. The second-order valence-corrected chi connectivity index (χ2v) is 4.83. The van der Waals surface area contributed by atoms with Crippen molar-refractivity contribution in [2.24, 2.45) is 11.8 Å². The molecule has 4 nitrogen and oxygen atoms in total. The van der Waals surface area contributed by atoms with E-state index in [1.807, 2.05) is 30.3 Å². The van der Waals surface area contributed by atoms with E-state index in [1.54, 1.807) is 6.08 Å². The van der Waals surface area contributed by atoms with Crippen molar-refractivity contribution < 1.29 is 19.1 Å². The van der Waals surface area contributed by atoms with Gasteiger partial charge in [0.15, 0.2) is 5.92 Å². The number of carbonyl (C=O) groups excluding carboxylic acids is 2. The highest BCUT2D eigenvalue weighted by Gasteiger charge is 2.35. The van der Waals surface area contributed by atoms with Gasteiger partial charge in [-0.15, -0.1) is 6.58 Å². The first-order valence-corrected chi connectivity index (χ1v) is 6.94. The van der Waals surface area contributed by atoms with Gasteiger partial charge in [-0.2, -0.15) is 0 Å². The molecule has 1 aromatic rings. The summed E-state index contributed by atoms with van der Waals surface area (Å²) in [7, 11) is 2.56. The molecule has 4 heteroatoms. The van der Waals surface area contributed by atoms with E-state index in [1.165, 1.54) is 19.8 Å². The molecule has 1 rings (SSSR count). The Hall–Kier alpha value is -2.10. The minimum absolute atomic E-state index is 0.178. The number of aryl methyl sites for hydroxylation is 1. The van der Waals surface area contributed by atoms with E-state index >= 15 is 0 Å². The summed E-state index contributed by atoms with van der Waals surface area (Å²) in [6.45, 7) is 3.70. The predicted octanol–water partition coefficient (Wildman–Crippen LogP) is 2.77. The molecule has 0 N–H and O–H groups in total. The molecule has 0 amide bonds. The highest BCUT2D eigenvalue weighted by Crippen LogP contribution is 2.25. The summed E-state index contributed by atoms with van der Waals surface area (Å²) >= 11 is 0. The summed E-state index contributed by atoms with van der Waals surface area (Å²) < 4.78 is 9.48. The first kappa shape index (κ1) is 17.0. The van der Waals surface area contributed by atoms with Gasteiger partial charge in [0.25, 0.3) is 0 Å². The lowest BCUT2D eigenvalue weighted by molar-refractivity contribution is -0.161. The molecule has 0 saturated carbocycles. The third-order valence-electron chi connectivity index (χ3n) is 3.50. The topological polar surface area (TPSA) is 52.6 Å². The van der Waals surface area contributed by atoms with Crippen molar-refractivity contribution in [1.82, 2.24) is 0 Å². The Balaban J connectivity index is 2.83. The highest BCUT2D eigenvalue weighted by atomic mass is 16.5. The van der Waals surface area contributed by atoms with E-state index in [-0.39, 0.29) is 5.92 Å². The summed E-state index contributed by atoms with van der Waals surface area (Å²) in [6.07, 6.45) is 3.74. The Morgan fingerprint density at radius 2 is 1.71 bits per heavy atom. The summed E-state index contributed by atoms with van der Waals surface area (Å²) in [4.78, 5) is 23.8. The lowest BCUT2D eigenvalue weighted by Crippen LogP contribution is -2.33. The average molecular weight is 290 g/mol. The molecule has 0 aliphatic rings. The third-order valence-corrected chi connectivity index (χ3v) is 3.50. The predicted molar refractivity (Wildman–Crippen MR) is 80.6 cm³/mol. The van der Waals surface area contributed by atoms with Gasteiger partial charge in [0, 0.05) is 0 Å². The van der Waals surface area contributed by atoms with E-state index in [0.29, 0.717) is 12.8 Å². The smallest absolute Gasteiger partial charge is 0.320 e. The van der Waals surface area contributed by atoms with Crippen LogP contribution < -0.4 is 0 Å². The van der Waals surface area contributed by atoms with Gasteiger partial charge in [0.05, 0.1) is 14.2 Å². The van der Waals surface area contributed by atoms with Crippen molar-refractivity contribution in [3.05, 3.63) is 48.6 Å². The molecular weight excluding hydrogens is 268 g/mol. The van der Waals surface area contributed by atoms with Crippen molar-refractivity contribution in [3.8, 4) is 0 Å². The molecule has 0 bridgehead atoms. The number of benzene rings is 1. The van der Waals surface area contributed by atoms with Crippen LogP contribution in [0.1, 0.15) is 18.4 Å². The fourth-order valence-corrected chi connectivity index (χ4v) is 2.37. The molecule has 0 spiro atoms. The van der Waals surface area contributed by atoms with Crippen molar-refractivity contribution in [1.29, 1.82) is 0 Å². The molecule has 0 heterocycles. The van der Waals surface area contributed by atoms with E-state index in [0.717, 1.165) is 6.42 Å². The van der Waals surface area contributed by atoms with Gasteiger partial charge in [0.2, 0.25) is 0 Å². The zero-order valence-corrected chi connectivity index (χ0v) is 12.6. The SMILES string of the molecule is C=CCC(CCc1ccccc1)C(C(=O)OC)C(=O)OC. The van der Waals surface area contributed by atoms with E-state index in [9.17, 15) is 9.59 Å². The van der Waals surface area contributed by atoms with Crippen LogP contribution >= 0.6 is 0 Å². The van der Waals surface area contributed by atoms with Crippen molar-refractivity contribution in [2.75, 3.05) is 14.2 Å². The molecule has 1 aromatic carbocycles. The van der Waals surface area contributed by atoms with Crippen LogP contribution in [-0.4, -0.2) is 26.2 Å². The molecule has 0 fully saturated rings. The molecule has 0 aliphatic carbocycles. The van der Waals surface area contributed by atoms with Gasteiger partial charge in [-0.25, -0.2) is 0 Å². The van der Waals surface area contributed by atoms with Crippen LogP contribution in [0, 0.1) is 11.8 Å². The zero-order valence-electron chi connectivity index (χ0n) is 12.6. The van der Waals surface area contributed by atoms with E-state index in [2.05, 4.69) is 6.58 Å². The summed E-state index contributed by atoms with van der Waals surface area (Å²) in [5.41, 5.74) is 1.17. The Morgan fingerprint density at radius 3 is 2.19 bits per heavy atom.